The Bertz CT molecular complexity index is 1490. The minimum absolute atomic E-state index is 0.0892. The minimum atomic E-state index is -3.77. The van der Waals surface area contributed by atoms with E-state index in [1.807, 2.05) is 12.1 Å². The summed E-state index contributed by atoms with van der Waals surface area (Å²) >= 11 is 6.11. The Labute approximate surface area is 213 Å². The molecule has 3 N–H and O–H groups in total. The van der Waals surface area contributed by atoms with Crippen LogP contribution in [0, 0.1) is 0 Å². The molecule has 0 amide bonds. The van der Waals surface area contributed by atoms with E-state index in [0.717, 1.165) is 42.6 Å². The number of sulfonamides is 1. The van der Waals surface area contributed by atoms with E-state index < -0.39 is 15.8 Å². The Kier molecular flexibility index (Phi) is 6.79. The number of aromatic nitrogens is 5. The first-order valence-electron chi connectivity index (χ1n) is 11.6. The number of benzene rings is 1. The van der Waals surface area contributed by atoms with Gasteiger partial charge in [-0.15, -0.1) is 10.2 Å². The predicted molar refractivity (Wildman–Crippen MR) is 136 cm³/mol. The molecule has 0 radical (unpaired) electrons. The van der Waals surface area contributed by atoms with Crippen molar-refractivity contribution in [1.82, 2.24) is 35.2 Å². The number of halogens is 1. The fourth-order valence-corrected chi connectivity index (χ4v) is 5.32. The summed E-state index contributed by atoms with van der Waals surface area (Å²) in [4.78, 5) is 8.92. The summed E-state index contributed by atoms with van der Waals surface area (Å²) in [7, 11) is -3.77. The number of hydrogen-bond acceptors (Lipinski definition) is 9. The fraction of sp³-hybridized carbons (Fsp3) is 0.391. The van der Waals surface area contributed by atoms with E-state index in [0.29, 0.717) is 41.1 Å². The number of nitrogens with zero attached hydrogens (tertiary/aromatic N) is 6. The number of piperazine rings is 1. The average molecular weight is 531 g/mol. The highest BCUT2D eigenvalue weighted by Crippen LogP contribution is 2.34. The van der Waals surface area contributed by atoms with Crippen LogP contribution in [0.25, 0.3) is 33.5 Å². The summed E-state index contributed by atoms with van der Waals surface area (Å²) in [5, 5.41) is 21.9. The van der Waals surface area contributed by atoms with Crippen LogP contribution in [-0.2, 0) is 22.3 Å². The van der Waals surface area contributed by atoms with Gasteiger partial charge in [-0.25, -0.2) is 18.5 Å². The van der Waals surface area contributed by atoms with Gasteiger partial charge in [-0.1, -0.05) is 11.6 Å². The quantitative estimate of drug-likeness (QED) is 0.344. The van der Waals surface area contributed by atoms with E-state index in [-0.39, 0.29) is 5.15 Å². The maximum atomic E-state index is 11.6. The van der Waals surface area contributed by atoms with Crippen LogP contribution in [0.5, 0.6) is 0 Å². The SMILES string of the molecule is CC(C)N1CCN(Cc2nnc(-c3cc(-c4cnc(Cl)c(CS(N)(=O)=O)c4)cc4[nH]ncc34)o2)CC1. The highest BCUT2D eigenvalue weighted by molar-refractivity contribution is 7.88. The molecule has 1 saturated heterocycles. The second-order valence-electron chi connectivity index (χ2n) is 9.24. The van der Waals surface area contributed by atoms with Crippen molar-refractivity contribution in [1.29, 1.82) is 0 Å². The summed E-state index contributed by atoms with van der Waals surface area (Å²) in [5.41, 5.74) is 3.21. The van der Waals surface area contributed by atoms with Gasteiger partial charge in [0.15, 0.2) is 0 Å². The van der Waals surface area contributed by atoms with Crippen LogP contribution >= 0.6 is 11.6 Å². The van der Waals surface area contributed by atoms with Gasteiger partial charge in [0.2, 0.25) is 21.8 Å². The van der Waals surface area contributed by atoms with E-state index in [1.54, 1.807) is 18.5 Å². The van der Waals surface area contributed by atoms with Crippen molar-refractivity contribution < 1.29 is 12.8 Å². The van der Waals surface area contributed by atoms with Crippen LogP contribution in [0.15, 0.2) is 35.0 Å². The summed E-state index contributed by atoms with van der Waals surface area (Å²) in [5.74, 6) is 0.518. The van der Waals surface area contributed by atoms with Crippen LogP contribution < -0.4 is 5.14 Å². The zero-order valence-electron chi connectivity index (χ0n) is 20.0. The Morgan fingerprint density at radius 1 is 1.11 bits per heavy atom. The molecule has 3 aromatic heterocycles. The zero-order valence-corrected chi connectivity index (χ0v) is 21.6. The average Bonchev–Trinajstić information content (AvgIpc) is 3.49. The number of rotatable bonds is 7. The van der Waals surface area contributed by atoms with Gasteiger partial charge in [-0.05, 0) is 37.6 Å². The van der Waals surface area contributed by atoms with E-state index in [2.05, 4.69) is 49.0 Å². The van der Waals surface area contributed by atoms with Crippen LogP contribution in [-0.4, -0.2) is 75.8 Å². The minimum Gasteiger partial charge on any atom is -0.419 e. The van der Waals surface area contributed by atoms with Crippen molar-refractivity contribution in [3.05, 3.63) is 47.2 Å². The highest BCUT2D eigenvalue weighted by Gasteiger charge is 2.22. The highest BCUT2D eigenvalue weighted by atomic mass is 35.5. The number of pyridine rings is 1. The fourth-order valence-electron chi connectivity index (χ4n) is 4.42. The lowest BCUT2D eigenvalue weighted by molar-refractivity contribution is 0.0979. The van der Waals surface area contributed by atoms with E-state index in [9.17, 15) is 8.42 Å². The molecule has 5 rings (SSSR count). The van der Waals surface area contributed by atoms with Crippen molar-refractivity contribution in [2.75, 3.05) is 26.2 Å². The van der Waals surface area contributed by atoms with Gasteiger partial charge in [0, 0.05) is 54.9 Å². The number of nitrogens with two attached hydrogens (primary N) is 1. The van der Waals surface area contributed by atoms with E-state index in [1.165, 1.54) is 0 Å². The molecule has 4 aromatic rings. The third kappa shape index (κ3) is 5.42. The smallest absolute Gasteiger partial charge is 0.248 e. The van der Waals surface area contributed by atoms with Crippen molar-refractivity contribution in [3.63, 3.8) is 0 Å². The van der Waals surface area contributed by atoms with Crippen molar-refractivity contribution in [2.24, 2.45) is 5.14 Å². The molecule has 0 saturated carbocycles. The molecule has 1 aromatic carbocycles. The van der Waals surface area contributed by atoms with Gasteiger partial charge in [0.05, 0.1) is 29.6 Å². The molecule has 4 heterocycles. The maximum Gasteiger partial charge on any atom is 0.248 e. The third-order valence-electron chi connectivity index (χ3n) is 6.35. The number of fused-ring (bicyclic) bond motifs is 1. The monoisotopic (exact) mass is 530 g/mol. The van der Waals surface area contributed by atoms with Gasteiger partial charge >= 0.3 is 0 Å². The Balaban J connectivity index is 1.44. The lowest BCUT2D eigenvalue weighted by Gasteiger charge is -2.36. The van der Waals surface area contributed by atoms with E-state index in [4.69, 9.17) is 21.2 Å². The van der Waals surface area contributed by atoms with Crippen LogP contribution in [0.4, 0.5) is 0 Å². The summed E-state index contributed by atoms with van der Waals surface area (Å²) < 4.78 is 29.3. The number of H-pyrrole nitrogens is 1. The van der Waals surface area contributed by atoms with Gasteiger partial charge in [0.1, 0.15) is 5.15 Å². The molecule has 1 aliphatic rings. The largest absolute Gasteiger partial charge is 0.419 e. The molecule has 36 heavy (non-hydrogen) atoms. The zero-order chi connectivity index (χ0) is 25.4. The van der Waals surface area contributed by atoms with Gasteiger partial charge in [-0.2, -0.15) is 5.10 Å². The molecule has 13 heteroatoms. The molecular formula is C23H27ClN8O3S. The standard InChI is InChI=1S/C23H27ClN8O3S/c1-14(2)32-5-3-31(4-6-32)12-21-29-30-23(35-21)18-8-15(9-20-19(18)11-27-28-20)16-7-17(13-36(25,33)34)22(24)26-10-16/h7-11,14H,3-6,12-13H2,1-2H3,(H,27,28)(H2,25,33,34). The summed E-state index contributed by atoms with van der Waals surface area (Å²) in [6, 6.07) is 5.99. The molecule has 0 unspecified atom stereocenters. The molecule has 1 aliphatic heterocycles. The first kappa shape index (κ1) is 24.8. The van der Waals surface area contributed by atoms with Gasteiger partial charge in [-0.3, -0.25) is 14.9 Å². The number of hydrogen-bond donors (Lipinski definition) is 2. The third-order valence-corrected chi connectivity index (χ3v) is 7.41. The van der Waals surface area contributed by atoms with Gasteiger partial charge in [0.25, 0.3) is 0 Å². The Morgan fingerprint density at radius 2 is 1.89 bits per heavy atom. The molecule has 1 fully saturated rings. The molecular weight excluding hydrogens is 504 g/mol. The second kappa shape index (κ2) is 9.87. The predicted octanol–water partition coefficient (Wildman–Crippen LogP) is 2.64. The summed E-state index contributed by atoms with van der Waals surface area (Å²) in [6.07, 6.45) is 3.28. The second-order valence-corrected chi connectivity index (χ2v) is 11.2. The Hall–Kier alpha value is -2.90. The molecule has 11 nitrogen and oxygen atoms in total. The van der Waals surface area contributed by atoms with Crippen LogP contribution in [0.3, 0.4) is 0 Å². The molecule has 0 spiro atoms. The first-order valence-corrected chi connectivity index (χ1v) is 13.7. The lowest BCUT2D eigenvalue weighted by atomic mass is 10.0. The lowest BCUT2D eigenvalue weighted by Crippen LogP contribution is -2.48. The first-order chi connectivity index (χ1) is 17.2. The maximum absolute atomic E-state index is 11.6. The van der Waals surface area contributed by atoms with Crippen molar-refractivity contribution >= 4 is 32.5 Å². The number of primary sulfonamides is 1. The topological polar surface area (TPSA) is 147 Å². The molecule has 0 atom stereocenters. The van der Waals surface area contributed by atoms with Crippen LogP contribution in [0.2, 0.25) is 5.15 Å². The molecule has 0 aliphatic carbocycles. The molecule has 0 bridgehead atoms. The normalized spacial score (nSPS) is 15.8. The van der Waals surface area contributed by atoms with Gasteiger partial charge < -0.3 is 4.42 Å². The Morgan fingerprint density at radius 3 is 2.61 bits per heavy atom. The number of aromatic amines is 1. The van der Waals surface area contributed by atoms with Crippen LogP contribution in [0.1, 0.15) is 25.3 Å². The van der Waals surface area contributed by atoms with E-state index >= 15 is 0 Å². The van der Waals surface area contributed by atoms with Crippen molar-refractivity contribution in [3.8, 4) is 22.6 Å². The number of nitrogens with one attached hydrogen (secondary N) is 1. The summed E-state index contributed by atoms with van der Waals surface area (Å²) in [6.45, 7) is 8.93. The molecule has 190 valence electrons. The van der Waals surface area contributed by atoms with Crippen molar-refractivity contribution in [2.45, 2.75) is 32.2 Å².